The Morgan fingerprint density at radius 3 is 2.41 bits per heavy atom. The van der Waals surface area contributed by atoms with Gasteiger partial charge in [-0.1, -0.05) is 54.0 Å². The average molecular weight is 340 g/mol. The van der Waals surface area contributed by atoms with Gasteiger partial charge in [-0.2, -0.15) is 16.1 Å². The van der Waals surface area contributed by atoms with Crippen LogP contribution in [0.3, 0.4) is 0 Å². The highest BCUT2D eigenvalue weighted by molar-refractivity contribution is 7.99. The number of thioether (sulfide) groups is 1. The van der Waals surface area contributed by atoms with E-state index in [9.17, 15) is 0 Å². The predicted molar refractivity (Wildman–Crippen MR) is 105 cm³/mol. The highest BCUT2D eigenvalue weighted by Crippen LogP contribution is 2.27. The van der Waals surface area contributed by atoms with Gasteiger partial charge in [0.05, 0.1) is 5.69 Å². The number of rotatable bonds is 8. The lowest BCUT2D eigenvalue weighted by Crippen LogP contribution is -2.08. The molecule has 1 rings (SSSR count). The van der Waals surface area contributed by atoms with Crippen LogP contribution in [0.1, 0.15) is 77.8 Å². The standard InChI is InChI=1S/C19H33NS2/c1-18(2,3)15-21-13-11-9-7-8-10-12-16-14-17(22-20-16)19(4,5)6/h10,12,14H,7-9,11,13,15H2,1-6H3/b12-10+. The summed E-state index contributed by atoms with van der Waals surface area (Å²) in [5, 5.41) is 0. The second-order valence-electron chi connectivity index (χ2n) is 8.23. The molecule has 0 aliphatic heterocycles. The minimum atomic E-state index is 0.217. The zero-order valence-corrected chi connectivity index (χ0v) is 16.9. The lowest BCUT2D eigenvalue weighted by molar-refractivity contribution is 0.480. The number of hydrogen-bond acceptors (Lipinski definition) is 3. The first-order chi connectivity index (χ1) is 10.2. The molecule has 0 spiro atoms. The van der Waals surface area contributed by atoms with Crippen LogP contribution in [0.25, 0.3) is 6.08 Å². The van der Waals surface area contributed by atoms with Gasteiger partial charge in [0.25, 0.3) is 0 Å². The molecular weight excluding hydrogens is 306 g/mol. The molecule has 0 aromatic carbocycles. The van der Waals surface area contributed by atoms with Crippen LogP contribution in [0, 0.1) is 5.41 Å². The first kappa shape index (κ1) is 19.8. The third-order valence-corrected chi connectivity index (χ3v) is 6.13. The van der Waals surface area contributed by atoms with Gasteiger partial charge in [0.2, 0.25) is 0 Å². The highest BCUT2D eigenvalue weighted by Gasteiger charge is 2.16. The Hall–Kier alpha value is -0.280. The lowest BCUT2D eigenvalue weighted by Gasteiger charge is -2.16. The van der Waals surface area contributed by atoms with Crippen molar-refractivity contribution in [3.05, 3.63) is 22.7 Å². The summed E-state index contributed by atoms with van der Waals surface area (Å²) in [4.78, 5) is 1.36. The maximum atomic E-state index is 4.52. The summed E-state index contributed by atoms with van der Waals surface area (Å²) in [6, 6.07) is 2.23. The van der Waals surface area contributed by atoms with Crippen molar-refractivity contribution >= 4 is 29.4 Å². The average Bonchev–Trinajstić information content (AvgIpc) is 2.84. The van der Waals surface area contributed by atoms with E-state index < -0.39 is 0 Å². The molecule has 1 aromatic heterocycles. The van der Waals surface area contributed by atoms with Crippen molar-refractivity contribution in [3.63, 3.8) is 0 Å². The first-order valence-electron chi connectivity index (χ1n) is 8.40. The maximum Gasteiger partial charge on any atom is 0.0768 e. The van der Waals surface area contributed by atoms with E-state index in [0.29, 0.717) is 5.41 Å². The van der Waals surface area contributed by atoms with Gasteiger partial charge >= 0.3 is 0 Å². The molecule has 0 bridgehead atoms. The summed E-state index contributed by atoms with van der Waals surface area (Å²) < 4.78 is 4.52. The second-order valence-corrected chi connectivity index (χ2v) is 10.1. The van der Waals surface area contributed by atoms with E-state index in [4.69, 9.17) is 0 Å². The van der Waals surface area contributed by atoms with Crippen molar-refractivity contribution < 1.29 is 0 Å². The van der Waals surface area contributed by atoms with E-state index in [2.05, 4.69) is 75.9 Å². The largest absolute Gasteiger partial charge is 0.193 e. The third-order valence-electron chi connectivity index (χ3n) is 3.25. The number of allylic oxidation sites excluding steroid dienone is 1. The van der Waals surface area contributed by atoms with E-state index in [1.165, 1.54) is 42.1 Å². The molecule has 1 heterocycles. The van der Waals surface area contributed by atoms with Crippen molar-refractivity contribution in [2.75, 3.05) is 11.5 Å². The molecule has 0 N–H and O–H groups in total. The Kier molecular flexibility index (Phi) is 8.20. The van der Waals surface area contributed by atoms with Crippen molar-refractivity contribution in [1.29, 1.82) is 0 Å². The minimum absolute atomic E-state index is 0.217. The molecule has 0 aliphatic carbocycles. The summed E-state index contributed by atoms with van der Waals surface area (Å²) in [6.07, 6.45) is 9.62. The van der Waals surface area contributed by atoms with Gasteiger partial charge in [-0.15, -0.1) is 0 Å². The Labute approximate surface area is 146 Å². The number of aromatic nitrogens is 1. The van der Waals surface area contributed by atoms with Crippen LogP contribution < -0.4 is 0 Å². The molecule has 22 heavy (non-hydrogen) atoms. The monoisotopic (exact) mass is 339 g/mol. The first-order valence-corrected chi connectivity index (χ1v) is 10.3. The van der Waals surface area contributed by atoms with E-state index in [-0.39, 0.29) is 5.41 Å². The Morgan fingerprint density at radius 2 is 1.82 bits per heavy atom. The molecular formula is C19H33NS2. The molecule has 126 valence electrons. The summed E-state index contributed by atoms with van der Waals surface area (Å²) in [5.41, 5.74) is 1.80. The molecule has 0 amide bonds. The molecule has 0 radical (unpaired) electrons. The van der Waals surface area contributed by atoms with Crippen molar-refractivity contribution in [1.82, 2.24) is 4.37 Å². The summed E-state index contributed by atoms with van der Waals surface area (Å²) in [6.45, 7) is 13.7. The fourth-order valence-corrected chi connectivity index (χ4v) is 3.88. The molecule has 0 atom stereocenters. The fourth-order valence-electron chi connectivity index (χ4n) is 1.95. The van der Waals surface area contributed by atoms with Crippen LogP contribution in [0.15, 0.2) is 12.1 Å². The molecule has 0 unspecified atom stereocenters. The van der Waals surface area contributed by atoms with Gasteiger partial charge in [-0.25, -0.2) is 0 Å². The zero-order valence-electron chi connectivity index (χ0n) is 15.2. The van der Waals surface area contributed by atoms with Crippen LogP contribution >= 0.6 is 23.3 Å². The maximum absolute atomic E-state index is 4.52. The quantitative estimate of drug-likeness (QED) is 0.483. The highest BCUT2D eigenvalue weighted by atomic mass is 32.2. The second kappa shape index (κ2) is 9.12. The van der Waals surface area contributed by atoms with Gasteiger partial charge in [-0.3, -0.25) is 0 Å². The Bertz CT molecular complexity index is 447. The summed E-state index contributed by atoms with van der Waals surface area (Å²) in [5.74, 6) is 2.58. The van der Waals surface area contributed by atoms with E-state index in [0.717, 1.165) is 5.69 Å². The van der Waals surface area contributed by atoms with Crippen molar-refractivity contribution in [2.24, 2.45) is 5.41 Å². The normalized spacial score (nSPS) is 13.2. The summed E-state index contributed by atoms with van der Waals surface area (Å²) >= 11 is 3.73. The molecule has 0 saturated heterocycles. The van der Waals surface area contributed by atoms with E-state index in [1.54, 1.807) is 11.5 Å². The topological polar surface area (TPSA) is 12.9 Å². The number of unbranched alkanes of at least 4 members (excludes halogenated alkanes) is 3. The van der Waals surface area contributed by atoms with Gasteiger partial charge in [-0.05, 0) is 65.3 Å². The third kappa shape index (κ3) is 8.99. The number of nitrogens with zero attached hydrogens (tertiary/aromatic N) is 1. The molecule has 1 aromatic rings. The number of hydrogen-bond donors (Lipinski definition) is 0. The van der Waals surface area contributed by atoms with Gasteiger partial charge in [0, 0.05) is 4.88 Å². The smallest absolute Gasteiger partial charge is 0.0768 e. The van der Waals surface area contributed by atoms with Crippen molar-refractivity contribution in [2.45, 2.75) is 72.6 Å². The van der Waals surface area contributed by atoms with Crippen LogP contribution in [0.4, 0.5) is 0 Å². The van der Waals surface area contributed by atoms with E-state index >= 15 is 0 Å². The van der Waals surface area contributed by atoms with Gasteiger partial charge < -0.3 is 0 Å². The fraction of sp³-hybridized carbons (Fsp3) is 0.737. The predicted octanol–water partition coefficient (Wildman–Crippen LogP) is 6.79. The van der Waals surface area contributed by atoms with Crippen molar-refractivity contribution in [3.8, 4) is 0 Å². The Balaban J connectivity index is 2.11. The zero-order chi connectivity index (χ0) is 16.6. The molecule has 0 aliphatic rings. The van der Waals surface area contributed by atoms with Crippen LogP contribution in [0.2, 0.25) is 0 Å². The molecule has 1 nitrogen and oxygen atoms in total. The van der Waals surface area contributed by atoms with Crippen LogP contribution in [-0.2, 0) is 5.41 Å². The SMILES string of the molecule is CC(C)(C)CSCCCCC/C=C/c1cc(C(C)(C)C)sn1. The molecule has 3 heteroatoms. The lowest BCUT2D eigenvalue weighted by atomic mass is 9.94. The summed E-state index contributed by atoms with van der Waals surface area (Å²) in [7, 11) is 0. The minimum Gasteiger partial charge on any atom is -0.193 e. The van der Waals surface area contributed by atoms with Gasteiger partial charge in [0.15, 0.2) is 0 Å². The van der Waals surface area contributed by atoms with E-state index in [1.807, 2.05) is 0 Å². The van der Waals surface area contributed by atoms with Crippen LogP contribution in [0.5, 0.6) is 0 Å². The van der Waals surface area contributed by atoms with Gasteiger partial charge in [0.1, 0.15) is 0 Å². The van der Waals surface area contributed by atoms with Crippen LogP contribution in [-0.4, -0.2) is 15.9 Å². The molecule has 0 fully saturated rings. The Morgan fingerprint density at radius 1 is 1.09 bits per heavy atom. The molecule has 0 saturated carbocycles.